The van der Waals surface area contributed by atoms with Gasteiger partial charge in [0.2, 0.25) is 24.1 Å². The number of amides is 4. The summed E-state index contributed by atoms with van der Waals surface area (Å²) in [6.45, 7) is 15.1. The molecule has 1 saturated heterocycles. The fourth-order valence-corrected chi connectivity index (χ4v) is 4.83. The number of likely N-dealkylation sites (tertiary alicyclic amines) is 1. The molecule has 1 saturated carbocycles. The zero-order chi connectivity index (χ0) is 32.6. The number of ketones is 1. The first kappa shape index (κ1) is 39.0. The largest absolute Gasteiger partial charge is 0.464 e. The van der Waals surface area contributed by atoms with Gasteiger partial charge in [-0.3, -0.25) is 28.8 Å². The number of Topliss-reactive ketones (excluding diaryl/α,β-unsaturated/α-hetero) is 1. The fourth-order valence-electron chi connectivity index (χ4n) is 4.83. The number of esters is 1. The average Bonchev–Trinajstić information content (AvgIpc) is 3.33. The number of rotatable bonds is 11. The van der Waals surface area contributed by atoms with E-state index in [2.05, 4.69) is 21.7 Å². The molecule has 0 bridgehead atoms. The van der Waals surface area contributed by atoms with Crippen LogP contribution in [0.25, 0.3) is 0 Å². The number of carbonyl (C=O) groups is 6. The van der Waals surface area contributed by atoms with Gasteiger partial charge >= 0.3 is 5.97 Å². The van der Waals surface area contributed by atoms with Crippen molar-refractivity contribution in [1.82, 2.24) is 20.9 Å². The highest BCUT2D eigenvalue weighted by atomic mass is 16.5. The first-order chi connectivity index (χ1) is 19.5. The number of ether oxygens (including phenoxy) is 1. The van der Waals surface area contributed by atoms with Crippen LogP contribution in [-0.2, 0) is 33.5 Å². The molecule has 1 heterocycles. The van der Waals surface area contributed by atoms with Crippen LogP contribution < -0.4 is 21.7 Å². The maximum absolute atomic E-state index is 12.8. The van der Waals surface area contributed by atoms with Crippen molar-refractivity contribution >= 4 is 35.9 Å². The molecule has 0 radical (unpaired) electrons. The summed E-state index contributed by atoms with van der Waals surface area (Å²) in [7, 11) is 1.78. The van der Waals surface area contributed by atoms with Crippen molar-refractivity contribution in [3.63, 3.8) is 0 Å². The average molecular weight is 598 g/mol. The molecule has 5 N–H and O–H groups in total. The van der Waals surface area contributed by atoms with Crippen LogP contribution in [0.5, 0.6) is 0 Å². The Labute approximate surface area is 251 Å². The molecule has 4 atom stereocenters. The first-order valence-corrected chi connectivity index (χ1v) is 14.8. The van der Waals surface area contributed by atoms with E-state index in [1.807, 2.05) is 34.6 Å². The van der Waals surface area contributed by atoms with Crippen molar-refractivity contribution < 1.29 is 33.5 Å². The summed E-state index contributed by atoms with van der Waals surface area (Å²) in [4.78, 5) is 69.3. The molecule has 0 aromatic carbocycles. The summed E-state index contributed by atoms with van der Waals surface area (Å²) < 4.78 is 4.88. The van der Waals surface area contributed by atoms with Crippen LogP contribution in [0.2, 0.25) is 0 Å². The maximum Gasteiger partial charge on any atom is 0.302 e. The van der Waals surface area contributed by atoms with Gasteiger partial charge in [0.25, 0.3) is 0 Å². The second-order valence-corrected chi connectivity index (χ2v) is 12.5. The van der Waals surface area contributed by atoms with Gasteiger partial charge in [0, 0.05) is 20.4 Å². The lowest BCUT2D eigenvalue weighted by Gasteiger charge is -2.32. The molecule has 1 aliphatic carbocycles. The van der Waals surface area contributed by atoms with Crippen molar-refractivity contribution in [2.45, 2.75) is 118 Å². The normalized spacial score (nSPS) is 18.5. The smallest absolute Gasteiger partial charge is 0.302 e. The Morgan fingerprint density at radius 1 is 1.00 bits per heavy atom. The maximum atomic E-state index is 12.8. The number of nitrogens with zero attached hydrogens (tertiary/aromatic N) is 1. The molecule has 4 amide bonds. The van der Waals surface area contributed by atoms with E-state index in [1.165, 1.54) is 27.2 Å². The van der Waals surface area contributed by atoms with Gasteiger partial charge in [0.05, 0.1) is 18.1 Å². The number of primary amides is 1. The predicted octanol–water partition coefficient (Wildman–Crippen LogP) is 1.69. The first-order valence-electron chi connectivity index (χ1n) is 14.8. The van der Waals surface area contributed by atoms with Gasteiger partial charge in [-0.2, -0.15) is 0 Å². The highest BCUT2D eigenvalue weighted by Crippen LogP contribution is 2.31. The fraction of sp³-hybridized carbons (Fsp3) is 0.800. The Morgan fingerprint density at radius 2 is 1.57 bits per heavy atom. The molecule has 0 aromatic rings. The third kappa shape index (κ3) is 14.2. The van der Waals surface area contributed by atoms with E-state index in [0.29, 0.717) is 18.9 Å². The molecule has 1 aliphatic heterocycles. The predicted molar refractivity (Wildman–Crippen MR) is 161 cm³/mol. The molecular weight excluding hydrogens is 542 g/mol. The lowest BCUT2D eigenvalue weighted by Crippen LogP contribution is -2.55. The molecule has 4 unspecified atom stereocenters. The second kappa shape index (κ2) is 19.2. The van der Waals surface area contributed by atoms with E-state index in [9.17, 15) is 24.0 Å². The minimum atomic E-state index is -0.453. The number of nitrogens with two attached hydrogens (primary N) is 1. The molecular formula is C30H55N5O7. The minimum Gasteiger partial charge on any atom is -0.464 e. The van der Waals surface area contributed by atoms with Gasteiger partial charge in [-0.25, -0.2) is 0 Å². The van der Waals surface area contributed by atoms with E-state index in [0.717, 1.165) is 25.7 Å². The van der Waals surface area contributed by atoms with Crippen LogP contribution in [0.3, 0.4) is 0 Å². The summed E-state index contributed by atoms with van der Waals surface area (Å²) in [6, 6.07) is -1.30. The SMILES string of the molecule is CC(=O)NC(COC(C)=O)C(C)(C)C.CNC(C(=O)N1CCCC1C(=O)NC(CC1CCC1)C(C)=O)C(C)C.NC=O. The van der Waals surface area contributed by atoms with Crippen LogP contribution in [0.15, 0.2) is 0 Å². The highest BCUT2D eigenvalue weighted by molar-refractivity contribution is 5.93. The third-order valence-electron chi connectivity index (χ3n) is 7.56. The van der Waals surface area contributed by atoms with Gasteiger partial charge < -0.3 is 31.3 Å². The highest BCUT2D eigenvalue weighted by Gasteiger charge is 2.38. The number of nitrogens with one attached hydrogen (secondary N) is 3. The molecule has 2 rings (SSSR count). The van der Waals surface area contributed by atoms with E-state index in [4.69, 9.17) is 9.53 Å². The Kier molecular flexibility index (Phi) is 17.8. The molecule has 2 fully saturated rings. The van der Waals surface area contributed by atoms with E-state index >= 15 is 0 Å². The van der Waals surface area contributed by atoms with Crippen LogP contribution in [0.1, 0.15) is 93.9 Å². The zero-order valence-corrected chi connectivity index (χ0v) is 27.1. The summed E-state index contributed by atoms with van der Waals surface area (Å²) in [6.07, 6.45) is 5.98. The van der Waals surface area contributed by atoms with E-state index in [-0.39, 0.29) is 65.9 Å². The molecule has 242 valence electrons. The quantitative estimate of drug-likeness (QED) is 0.205. The van der Waals surface area contributed by atoms with Crippen molar-refractivity contribution in [2.75, 3.05) is 20.2 Å². The van der Waals surface area contributed by atoms with Gasteiger partial charge in [-0.15, -0.1) is 0 Å². The van der Waals surface area contributed by atoms with Crippen LogP contribution in [0, 0.1) is 17.3 Å². The third-order valence-corrected chi connectivity index (χ3v) is 7.56. The van der Waals surface area contributed by atoms with Crippen LogP contribution >= 0.6 is 0 Å². The number of likely N-dealkylation sites (N-methyl/N-ethyl adjacent to an activating group) is 1. The number of hydrogen-bond acceptors (Lipinski definition) is 8. The van der Waals surface area contributed by atoms with Crippen molar-refractivity contribution in [2.24, 2.45) is 23.0 Å². The Hall–Kier alpha value is -3.02. The van der Waals surface area contributed by atoms with Crippen LogP contribution in [0.4, 0.5) is 0 Å². The molecule has 12 nitrogen and oxygen atoms in total. The van der Waals surface area contributed by atoms with Crippen molar-refractivity contribution in [3.8, 4) is 0 Å². The van der Waals surface area contributed by atoms with Gasteiger partial charge in [0.1, 0.15) is 12.6 Å². The van der Waals surface area contributed by atoms with E-state index in [1.54, 1.807) is 11.9 Å². The van der Waals surface area contributed by atoms with Gasteiger partial charge in [-0.05, 0) is 50.5 Å². The monoisotopic (exact) mass is 597 g/mol. The van der Waals surface area contributed by atoms with Crippen molar-refractivity contribution in [3.05, 3.63) is 0 Å². The lowest BCUT2D eigenvalue weighted by molar-refractivity contribution is -0.143. The molecule has 42 heavy (non-hydrogen) atoms. The summed E-state index contributed by atoms with van der Waals surface area (Å²) in [5.74, 6) is 0.0705. The van der Waals surface area contributed by atoms with Gasteiger partial charge in [0.15, 0.2) is 5.78 Å². The van der Waals surface area contributed by atoms with Gasteiger partial charge in [-0.1, -0.05) is 53.9 Å². The summed E-state index contributed by atoms with van der Waals surface area (Å²) >= 11 is 0. The lowest BCUT2D eigenvalue weighted by atomic mass is 9.80. The summed E-state index contributed by atoms with van der Waals surface area (Å²) in [5, 5.41) is 8.75. The Balaban J connectivity index is 0.000000838. The number of hydrogen-bond donors (Lipinski definition) is 4. The molecule has 0 aromatic heterocycles. The van der Waals surface area contributed by atoms with E-state index < -0.39 is 12.1 Å². The van der Waals surface area contributed by atoms with Crippen molar-refractivity contribution in [1.29, 1.82) is 0 Å². The summed E-state index contributed by atoms with van der Waals surface area (Å²) in [5.41, 5.74) is 4.04. The zero-order valence-electron chi connectivity index (χ0n) is 27.1. The van der Waals surface area contributed by atoms with Crippen LogP contribution in [-0.4, -0.2) is 85.2 Å². The topological polar surface area (TPSA) is 177 Å². The molecule has 12 heteroatoms. The minimum absolute atomic E-state index is 0.00593. The number of carbonyl (C=O) groups excluding carboxylic acids is 6. The molecule has 2 aliphatic rings. The molecule has 0 spiro atoms. The second-order valence-electron chi connectivity index (χ2n) is 12.5. The standard InChI is InChI=1S/C19H33N3O3.C10H19NO3.CH3NO/c1-12(2)17(20-4)19(25)22-10-6-9-16(22)18(24)21-15(13(3)23)11-14-7-5-8-14;1-7(12)11-9(10(3,4)5)6-14-8(2)13;2-1-3/h12,14-17,20H,5-11H2,1-4H3,(H,21,24);9H,6H2,1-5H3,(H,11,12);1H,(H2,2,3). The Morgan fingerprint density at radius 3 is 1.95 bits per heavy atom. The Bertz CT molecular complexity index is 899.